The highest BCUT2D eigenvalue weighted by molar-refractivity contribution is 5.94. The van der Waals surface area contributed by atoms with Crippen LogP contribution in [-0.4, -0.2) is 28.8 Å². The molecule has 1 aromatic heterocycles. The number of ether oxygens (including phenoxy) is 2. The summed E-state index contributed by atoms with van der Waals surface area (Å²) < 4.78 is 13.2. The van der Waals surface area contributed by atoms with Crippen LogP contribution in [0.25, 0.3) is 0 Å². The van der Waals surface area contributed by atoms with Crippen LogP contribution in [0.1, 0.15) is 37.8 Å². The van der Waals surface area contributed by atoms with Gasteiger partial charge < -0.3 is 14.8 Å². The van der Waals surface area contributed by atoms with E-state index in [1.807, 2.05) is 26.0 Å². The van der Waals surface area contributed by atoms with E-state index in [-0.39, 0.29) is 12.5 Å². The lowest BCUT2D eigenvalue weighted by Crippen LogP contribution is -2.43. The number of hydrogen-bond acceptors (Lipinski definition) is 6. The number of hydrogen-bond donors (Lipinski definition) is 1. The zero-order valence-electron chi connectivity index (χ0n) is 18.1. The zero-order chi connectivity index (χ0) is 22.2. The number of allylic oxidation sites excluding steroid dienone is 1. The Morgan fingerprint density at radius 2 is 1.77 bits per heavy atom. The molecule has 0 aliphatic carbocycles. The van der Waals surface area contributed by atoms with Crippen LogP contribution in [0.4, 0.5) is 5.82 Å². The lowest BCUT2D eigenvalue weighted by molar-refractivity contribution is -0.140. The van der Waals surface area contributed by atoms with Gasteiger partial charge in [0.05, 0.1) is 30.8 Å². The molecule has 2 aromatic rings. The molecule has 1 N–H and O–H groups in total. The van der Waals surface area contributed by atoms with Crippen molar-refractivity contribution in [2.75, 3.05) is 19.0 Å². The predicted molar refractivity (Wildman–Crippen MR) is 114 cm³/mol. The lowest BCUT2D eigenvalue weighted by atomic mass is 9.82. The van der Waals surface area contributed by atoms with Crippen molar-refractivity contribution in [2.24, 2.45) is 20.0 Å². The Morgan fingerprint density at radius 1 is 1.13 bits per heavy atom. The number of esters is 1. The Balaban J connectivity index is 2.26. The highest BCUT2D eigenvalue weighted by atomic mass is 16.5. The van der Waals surface area contributed by atoms with Crippen molar-refractivity contribution in [1.29, 1.82) is 0 Å². The third kappa shape index (κ3) is 3.65. The van der Waals surface area contributed by atoms with Gasteiger partial charge in [-0.15, -0.1) is 0 Å². The van der Waals surface area contributed by atoms with Gasteiger partial charge in [-0.2, -0.15) is 0 Å². The highest BCUT2D eigenvalue weighted by Gasteiger charge is 2.37. The third-order valence-corrected chi connectivity index (χ3v) is 5.20. The van der Waals surface area contributed by atoms with E-state index in [0.717, 1.165) is 10.1 Å². The Morgan fingerprint density at radius 3 is 2.33 bits per heavy atom. The number of anilines is 1. The van der Waals surface area contributed by atoms with Gasteiger partial charge in [-0.1, -0.05) is 26.0 Å². The fraction of sp³-hybridized carbons (Fsp3) is 0.409. The van der Waals surface area contributed by atoms with Gasteiger partial charge in [0.15, 0.2) is 0 Å². The molecule has 30 heavy (non-hydrogen) atoms. The van der Waals surface area contributed by atoms with Crippen molar-refractivity contribution < 1.29 is 14.3 Å². The molecule has 8 heteroatoms. The SMILES string of the molecule is COc1ccc([C@H]2C(C(=O)OCC(C)C)=C(C)Nc3c2c(=O)n(C)c(=O)n3C)cc1. The lowest BCUT2D eigenvalue weighted by Gasteiger charge is -2.31. The number of benzene rings is 1. The summed E-state index contributed by atoms with van der Waals surface area (Å²) in [6.45, 7) is 5.92. The van der Waals surface area contributed by atoms with Gasteiger partial charge in [0, 0.05) is 19.8 Å². The monoisotopic (exact) mass is 413 g/mol. The maximum atomic E-state index is 13.1. The van der Waals surface area contributed by atoms with Gasteiger partial charge in [0.2, 0.25) is 0 Å². The van der Waals surface area contributed by atoms with Crippen molar-refractivity contribution >= 4 is 11.8 Å². The quantitative estimate of drug-likeness (QED) is 0.755. The molecule has 0 fully saturated rings. The van der Waals surface area contributed by atoms with Gasteiger partial charge in [-0.25, -0.2) is 9.59 Å². The minimum absolute atomic E-state index is 0.173. The van der Waals surface area contributed by atoms with E-state index in [2.05, 4.69) is 5.32 Å². The van der Waals surface area contributed by atoms with Crippen molar-refractivity contribution in [1.82, 2.24) is 9.13 Å². The summed E-state index contributed by atoms with van der Waals surface area (Å²) in [5.74, 6) is 0.0351. The molecule has 1 aromatic carbocycles. The number of carbonyl (C=O) groups excluding carboxylic acids is 1. The number of aromatic nitrogens is 2. The van der Waals surface area contributed by atoms with E-state index in [9.17, 15) is 14.4 Å². The second kappa shape index (κ2) is 8.22. The van der Waals surface area contributed by atoms with Gasteiger partial charge in [-0.05, 0) is 30.5 Å². The molecule has 0 saturated carbocycles. The number of rotatable bonds is 5. The summed E-state index contributed by atoms with van der Waals surface area (Å²) in [5.41, 5.74) is 1.04. The Kier molecular flexibility index (Phi) is 5.87. The fourth-order valence-corrected chi connectivity index (χ4v) is 3.61. The van der Waals surface area contributed by atoms with Crippen molar-refractivity contribution in [3.05, 3.63) is 67.5 Å². The average Bonchev–Trinajstić information content (AvgIpc) is 2.73. The maximum Gasteiger partial charge on any atom is 0.336 e. The molecule has 1 aliphatic heterocycles. The van der Waals surface area contributed by atoms with Crippen LogP contribution < -0.4 is 21.3 Å². The number of carbonyl (C=O) groups is 1. The van der Waals surface area contributed by atoms with Crippen LogP contribution >= 0.6 is 0 Å². The van der Waals surface area contributed by atoms with Crippen LogP contribution in [0.2, 0.25) is 0 Å². The molecule has 0 radical (unpaired) electrons. The Bertz CT molecular complexity index is 1120. The standard InChI is InChI=1S/C22H27N3O5/c1-12(2)11-30-21(27)16-13(3)23-19-18(20(26)25(5)22(28)24(19)4)17(16)14-7-9-15(29-6)10-8-14/h7-10,12,17,23H,11H2,1-6H3/t17-/m0/s1. The molecule has 0 amide bonds. The number of nitrogens with zero attached hydrogens (tertiary/aromatic N) is 2. The molecule has 160 valence electrons. The van der Waals surface area contributed by atoms with Gasteiger partial charge in [0.25, 0.3) is 5.56 Å². The molecule has 0 saturated heterocycles. The summed E-state index contributed by atoms with van der Waals surface area (Å²) in [7, 11) is 4.59. The normalized spacial score (nSPS) is 15.6. The van der Waals surface area contributed by atoms with Crippen molar-refractivity contribution in [3.8, 4) is 5.75 Å². The second-order valence-electron chi connectivity index (χ2n) is 7.83. The largest absolute Gasteiger partial charge is 0.497 e. The first kappa shape index (κ1) is 21.4. The number of fused-ring (bicyclic) bond motifs is 1. The molecule has 2 heterocycles. The van der Waals surface area contributed by atoms with Crippen LogP contribution in [-0.2, 0) is 23.6 Å². The topological polar surface area (TPSA) is 91.6 Å². The Labute approximate surface area is 174 Å². The molecular weight excluding hydrogens is 386 g/mol. The molecule has 8 nitrogen and oxygen atoms in total. The first-order chi connectivity index (χ1) is 14.2. The predicted octanol–water partition coefficient (Wildman–Crippen LogP) is 2.12. The van der Waals surface area contributed by atoms with E-state index in [4.69, 9.17) is 9.47 Å². The van der Waals surface area contributed by atoms with E-state index < -0.39 is 23.1 Å². The highest BCUT2D eigenvalue weighted by Crippen LogP contribution is 2.40. The average molecular weight is 413 g/mol. The molecular formula is C22H27N3O5. The van der Waals surface area contributed by atoms with Gasteiger partial charge >= 0.3 is 11.7 Å². The van der Waals surface area contributed by atoms with E-state index in [1.54, 1.807) is 33.2 Å². The minimum atomic E-state index is -0.683. The van der Waals surface area contributed by atoms with Crippen LogP contribution in [0.3, 0.4) is 0 Å². The first-order valence-electron chi connectivity index (χ1n) is 9.76. The summed E-state index contributed by atoms with van der Waals surface area (Å²) in [5, 5.41) is 3.08. The maximum absolute atomic E-state index is 13.1. The van der Waals surface area contributed by atoms with E-state index in [1.165, 1.54) is 11.6 Å². The number of nitrogens with one attached hydrogen (secondary N) is 1. The summed E-state index contributed by atoms with van der Waals surface area (Å²) in [6, 6.07) is 7.17. The third-order valence-electron chi connectivity index (χ3n) is 5.20. The molecule has 0 spiro atoms. The van der Waals surface area contributed by atoms with Gasteiger partial charge in [-0.3, -0.25) is 13.9 Å². The number of methoxy groups -OCH3 is 1. The van der Waals surface area contributed by atoms with Crippen LogP contribution in [0.15, 0.2) is 45.1 Å². The first-order valence-corrected chi connectivity index (χ1v) is 9.76. The van der Waals surface area contributed by atoms with Crippen molar-refractivity contribution in [2.45, 2.75) is 26.7 Å². The van der Waals surface area contributed by atoms with Crippen molar-refractivity contribution in [3.63, 3.8) is 0 Å². The molecule has 1 aliphatic rings. The molecule has 0 unspecified atom stereocenters. The van der Waals surface area contributed by atoms with E-state index in [0.29, 0.717) is 28.4 Å². The molecule has 0 bridgehead atoms. The Hall–Kier alpha value is -3.29. The smallest absolute Gasteiger partial charge is 0.336 e. The second-order valence-corrected chi connectivity index (χ2v) is 7.83. The minimum Gasteiger partial charge on any atom is -0.497 e. The van der Waals surface area contributed by atoms with Crippen LogP contribution in [0, 0.1) is 5.92 Å². The zero-order valence-corrected chi connectivity index (χ0v) is 18.1. The summed E-state index contributed by atoms with van der Waals surface area (Å²) >= 11 is 0. The fourth-order valence-electron chi connectivity index (χ4n) is 3.61. The van der Waals surface area contributed by atoms with Gasteiger partial charge in [0.1, 0.15) is 11.6 Å². The molecule has 3 rings (SSSR count). The van der Waals surface area contributed by atoms with Crippen LogP contribution in [0.5, 0.6) is 5.75 Å². The summed E-state index contributed by atoms with van der Waals surface area (Å²) in [4.78, 5) is 38.6. The molecule has 1 atom stereocenters. The summed E-state index contributed by atoms with van der Waals surface area (Å²) in [6.07, 6.45) is 0. The van der Waals surface area contributed by atoms with E-state index >= 15 is 0 Å².